The first kappa shape index (κ1) is 17.5. The van der Waals surface area contributed by atoms with Crippen molar-refractivity contribution >= 4 is 28.8 Å². The largest absolute Gasteiger partial charge is 0.343 e. The predicted octanol–water partition coefficient (Wildman–Crippen LogP) is 1.59. The number of halogens is 1. The molecular weight excluding hydrogens is 339 g/mol. The van der Waals surface area contributed by atoms with E-state index < -0.39 is 18.0 Å². The number of aromatic nitrogens is 1. The average molecular weight is 354 g/mol. The van der Waals surface area contributed by atoms with E-state index in [4.69, 9.17) is 5.26 Å². The quantitative estimate of drug-likeness (QED) is 0.840. The number of rotatable bonds is 4. The molecule has 1 saturated heterocycles. The molecule has 2 aromatic rings. The molecule has 1 N–H and O–H groups in total. The van der Waals surface area contributed by atoms with Crippen molar-refractivity contribution in [3.8, 4) is 6.07 Å². The highest BCUT2D eigenvalue weighted by Gasteiger charge is 2.28. The van der Waals surface area contributed by atoms with Gasteiger partial charge in [-0.3, -0.25) is 19.4 Å². The Kier molecular flexibility index (Phi) is 4.89. The molecule has 1 atom stereocenters. The molecule has 0 aliphatic carbocycles. The molecule has 1 aliphatic rings. The number of nitriles is 1. The molecule has 3 rings (SSSR count). The van der Waals surface area contributed by atoms with Crippen LogP contribution in [0.2, 0.25) is 0 Å². The monoisotopic (exact) mass is 354 g/mol. The SMILES string of the molecule is N#C[C@@H]1CCCN1C(=O)CNC(=O)c1ccnc2cc(C(=O)F)ccc12. The summed E-state index contributed by atoms with van der Waals surface area (Å²) in [5, 5.41) is 12.0. The summed E-state index contributed by atoms with van der Waals surface area (Å²) < 4.78 is 12.8. The van der Waals surface area contributed by atoms with Crippen LogP contribution in [-0.2, 0) is 4.79 Å². The Morgan fingerprint density at radius 2 is 2.15 bits per heavy atom. The normalized spacial score (nSPS) is 16.3. The van der Waals surface area contributed by atoms with Crippen molar-refractivity contribution in [2.75, 3.05) is 13.1 Å². The minimum Gasteiger partial charge on any atom is -0.343 e. The molecule has 0 unspecified atom stereocenters. The van der Waals surface area contributed by atoms with E-state index in [-0.39, 0.29) is 23.6 Å². The highest BCUT2D eigenvalue weighted by Crippen LogP contribution is 2.19. The zero-order valence-electron chi connectivity index (χ0n) is 13.7. The van der Waals surface area contributed by atoms with Gasteiger partial charge in [-0.25, -0.2) is 0 Å². The molecule has 0 bridgehead atoms. The van der Waals surface area contributed by atoms with Crippen LogP contribution < -0.4 is 5.32 Å². The summed E-state index contributed by atoms with van der Waals surface area (Å²) in [6.07, 6.45) is 2.78. The second kappa shape index (κ2) is 7.27. The fourth-order valence-electron chi connectivity index (χ4n) is 3.02. The van der Waals surface area contributed by atoms with Crippen molar-refractivity contribution in [3.05, 3.63) is 41.6 Å². The van der Waals surface area contributed by atoms with Crippen molar-refractivity contribution in [1.82, 2.24) is 15.2 Å². The number of carbonyl (C=O) groups excluding carboxylic acids is 3. The minimum absolute atomic E-state index is 0.144. The van der Waals surface area contributed by atoms with Gasteiger partial charge >= 0.3 is 6.04 Å². The van der Waals surface area contributed by atoms with Gasteiger partial charge in [-0.1, -0.05) is 6.07 Å². The van der Waals surface area contributed by atoms with Crippen molar-refractivity contribution < 1.29 is 18.8 Å². The molecule has 0 radical (unpaired) electrons. The Morgan fingerprint density at radius 1 is 1.35 bits per heavy atom. The summed E-state index contributed by atoms with van der Waals surface area (Å²) in [5.74, 6) is -0.802. The van der Waals surface area contributed by atoms with Crippen LogP contribution in [0, 0.1) is 11.3 Å². The predicted molar refractivity (Wildman–Crippen MR) is 89.9 cm³/mol. The van der Waals surface area contributed by atoms with Gasteiger partial charge in [-0.2, -0.15) is 9.65 Å². The number of hydrogen-bond donors (Lipinski definition) is 1. The van der Waals surface area contributed by atoms with E-state index in [1.807, 2.05) is 0 Å². The van der Waals surface area contributed by atoms with Crippen LogP contribution in [0.5, 0.6) is 0 Å². The Hall–Kier alpha value is -3.34. The van der Waals surface area contributed by atoms with Gasteiger partial charge < -0.3 is 10.2 Å². The van der Waals surface area contributed by atoms with Gasteiger partial charge in [0.25, 0.3) is 5.91 Å². The minimum atomic E-state index is -1.58. The number of pyridine rings is 1. The lowest BCUT2D eigenvalue weighted by Gasteiger charge is -2.19. The molecule has 0 spiro atoms. The fourth-order valence-corrected chi connectivity index (χ4v) is 3.02. The van der Waals surface area contributed by atoms with Crippen LogP contribution in [0.25, 0.3) is 10.9 Å². The Bertz CT molecular complexity index is 938. The molecule has 2 amide bonds. The first-order chi connectivity index (χ1) is 12.5. The number of hydrogen-bond acceptors (Lipinski definition) is 5. The van der Waals surface area contributed by atoms with E-state index in [1.165, 1.54) is 35.4 Å². The van der Waals surface area contributed by atoms with Gasteiger partial charge in [0.2, 0.25) is 5.91 Å². The van der Waals surface area contributed by atoms with Gasteiger partial charge in [-0.15, -0.1) is 0 Å². The van der Waals surface area contributed by atoms with Crippen LogP contribution >= 0.6 is 0 Å². The summed E-state index contributed by atoms with van der Waals surface area (Å²) in [5.41, 5.74) is 0.421. The first-order valence-electron chi connectivity index (χ1n) is 8.07. The molecule has 132 valence electrons. The molecule has 1 fully saturated rings. The molecule has 2 heterocycles. The second-order valence-electron chi connectivity index (χ2n) is 5.92. The summed E-state index contributed by atoms with van der Waals surface area (Å²) >= 11 is 0. The van der Waals surface area contributed by atoms with E-state index in [0.717, 1.165) is 6.42 Å². The summed E-state index contributed by atoms with van der Waals surface area (Å²) in [7, 11) is 0. The van der Waals surface area contributed by atoms with Crippen molar-refractivity contribution in [1.29, 1.82) is 5.26 Å². The van der Waals surface area contributed by atoms with E-state index in [0.29, 0.717) is 23.9 Å². The van der Waals surface area contributed by atoms with Crippen LogP contribution in [-0.4, -0.2) is 46.9 Å². The standard InChI is InChI=1S/C18H15FN4O3/c19-17(25)11-3-4-13-14(5-6-21-15(13)8-11)18(26)22-10-16(24)23-7-1-2-12(23)9-20/h3-6,8,12H,1-2,7,10H2,(H,22,26)/t12-/m0/s1. The van der Waals surface area contributed by atoms with Gasteiger partial charge in [0, 0.05) is 18.1 Å². The summed E-state index contributed by atoms with van der Waals surface area (Å²) in [4.78, 5) is 41.0. The number of fused-ring (bicyclic) bond motifs is 1. The van der Waals surface area contributed by atoms with Crippen molar-refractivity contribution in [2.24, 2.45) is 0 Å². The second-order valence-corrected chi connectivity index (χ2v) is 5.92. The smallest absolute Gasteiger partial charge is 0.332 e. The Balaban J connectivity index is 1.75. The number of benzene rings is 1. The van der Waals surface area contributed by atoms with Crippen LogP contribution in [0.1, 0.15) is 33.6 Å². The number of nitrogens with zero attached hydrogens (tertiary/aromatic N) is 3. The number of amides is 2. The zero-order valence-corrected chi connectivity index (χ0v) is 13.7. The topological polar surface area (TPSA) is 103 Å². The lowest BCUT2D eigenvalue weighted by molar-refractivity contribution is -0.130. The van der Waals surface area contributed by atoms with Gasteiger partial charge in [-0.05, 0) is 31.0 Å². The Morgan fingerprint density at radius 3 is 2.88 bits per heavy atom. The van der Waals surface area contributed by atoms with Gasteiger partial charge in [0.15, 0.2) is 0 Å². The third-order valence-electron chi connectivity index (χ3n) is 4.34. The third-order valence-corrected chi connectivity index (χ3v) is 4.34. The van der Waals surface area contributed by atoms with E-state index in [9.17, 15) is 18.8 Å². The van der Waals surface area contributed by atoms with Crippen molar-refractivity contribution in [2.45, 2.75) is 18.9 Å². The number of carbonyl (C=O) groups is 3. The van der Waals surface area contributed by atoms with Crippen molar-refractivity contribution in [3.63, 3.8) is 0 Å². The first-order valence-corrected chi connectivity index (χ1v) is 8.07. The lowest BCUT2D eigenvalue weighted by atomic mass is 10.1. The molecule has 26 heavy (non-hydrogen) atoms. The lowest BCUT2D eigenvalue weighted by Crippen LogP contribution is -2.42. The maximum absolute atomic E-state index is 12.8. The summed E-state index contributed by atoms with van der Waals surface area (Å²) in [6.45, 7) is 0.285. The molecule has 7 nitrogen and oxygen atoms in total. The average Bonchev–Trinajstić information content (AvgIpc) is 3.13. The van der Waals surface area contributed by atoms with Gasteiger partial charge in [0.1, 0.15) is 6.04 Å². The molecular formula is C18H15FN4O3. The highest BCUT2D eigenvalue weighted by molar-refractivity contribution is 6.07. The van der Waals surface area contributed by atoms with Crippen LogP contribution in [0.15, 0.2) is 30.5 Å². The van der Waals surface area contributed by atoms with E-state index >= 15 is 0 Å². The molecule has 1 aromatic carbocycles. The van der Waals surface area contributed by atoms with E-state index in [1.54, 1.807) is 0 Å². The van der Waals surface area contributed by atoms with Crippen LogP contribution in [0.4, 0.5) is 4.39 Å². The molecule has 8 heteroatoms. The molecule has 1 aliphatic heterocycles. The maximum atomic E-state index is 12.8. The molecule has 0 saturated carbocycles. The van der Waals surface area contributed by atoms with Gasteiger partial charge in [0.05, 0.1) is 29.3 Å². The molecule has 1 aromatic heterocycles. The summed E-state index contributed by atoms with van der Waals surface area (Å²) in [6, 6.07) is 5.52. The Labute approximate surface area is 148 Å². The van der Waals surface area contributed by atoms with Crippen LogP contribution in [0.3, 0.4) is 0 Å². The number of nitrogens with one attached hydrogen (secondary N) is 1. The highest BCUT2D eigenvalue weighted by atomic mass is 19.1. The third kappa shape index (κ3) is 3.37. The number of likely N-dealkylation sites (tertiary alicyclic amines) is 1. The maximum Gasteiger partial charge on any atom is 0.332 e. The fraction of sp³-hybridized carbons (Fsp3) is 0.278. The zero-order chi connectivity index (χ0) is 18.7. The van der Waals surface area contributed by atoms with E-state index in [2.05, 4.69) is 16.4 Å².